The molecule has 0 aromatic heterocycles. The Kier molecular flexibility index (Phi) is 5.67. The molecule has 0 aromatic rings. The van der Waals surface area contributed by atoms with Crippen molar-refractivity contribution in [1.82, 2.24) is 0 Å². The summed E-state index contributed by atoms with van der Waals surface area (Å²) in [5.41, 5.74) is 5.87. The second-order valence-electron chi connectivity index (χ2n) is 3.12. The van der Waals surface area contributed by atoms with Crippen LogP contribution >= 0.6 is 8.58 Å². The monoisotopic (exact) mass is 350 g/mol. The van der Waals surface area contributed by atoms with E-state index in [9.17, 15) is 0 Å². The molecule has 0 atom stereocenters. The van der Waals surface area contributed by atoms with Gasteiger partial charge >= 0.3 is 31.8 Å². The number of hydrogen-bond donors (Lipinski definition) is 0. The minimum absolute atomic E-state index is 0.778. The summed E-state index contributed by atoms with van der Waals surface area (Å²) in [4.78, 5) is 0. The first-order valence-corrected chi connectivity index (χ1v) is 8.39. The summed E-state index contributed by atoms with van der Waals surface area (Å²) in [6.45, 7) is 11.0. The maximum atomic E-state index is 4.78. The Hall–Kier alpha value is 0.640. The summed E-state index contributed by atoms with van der Waals surface area (Å²) in [7, 11) is 4.78. The van der Waals surface area contributed by atoms with Crippen LogP contribution in [0.15, 0.2) is 22.3 Å². The van der Waals surface area contributed by atoms with Crippen LogP contribution in [0.3, 0.4) is 0 Å². The number of rotatable bonds is 0. The molecule has 0 saturated heterocycles. The first-order valence-electron chi connectivity index (χ1n) is 3.94. The van der Waals surface area contributed by atoms with Crippen molar-refractivity contribution in [3.8, 4) is 0 Å². The van der Waals surface area contributed by atoms with Crippen LogP contribution in [0.25, 0.3) is 0 Å². The summed E-state index contributed by atoms with van der Waals surface area (Å²) < 4.78 is 0. The Morgan fingerprint density at radius 1 is 0.667 bits per heavy atom. The van der Waals surface area contributed by atoms with Crippen LogP contribution in [0.5, 0.6) is 0 Å². The second kappa shape index (κ2) is 5.39. The van der Waals surface area contributed by atoms with E-state index >= 15 is 0 Å². The zero-order chi connectivity index (χ0) is 9.89. The van der Waals surface area contributed by atoms with Crippen LogP contribution in [0.4, 0.5) is 0 Å². The van der Waals surface area contributed by atoms with E-state index in [1.54, 1.807) is 0 Å². The van der Waals surface area contributed by atoms with Crippen molar-refractivity contribution < 1.29 is 23.2 Å². The average molecular weight is 349 g/mol. The summed E-state index contributed by atoms with van der Waals surface area (Å²) in [6.07, 6.45) is 0. The van der Waals surface area contributed by atoms with Crippen LogP contribution < -0.4 is 0 Å². The van der Waals surface area contributed by atoms with Crippen LogP contribution in [-0.2, 0) is 23.2 Å². The standard InChI is InChI=1S/C10H15.ClH.Hf/c1-6-7(2)9(4)10(5)8(6)3;;/h1-5H3;1H;/q;;+1/p-1. The van der Waals surface area contributed by atoms with Crippen molar-refractivity contribution in [2.24, 2.45) is 0 Å². The maximum absolute atomic E-state index is 4.78. The molecule has 0 heterocycles. The van der Waals surface area contributed by atoms with E-state index in [4.69, 9.17) is 8.58 Å². The van der Waals surface area contributed by atoms with Gasteiger partial charge < -0.3 is 0 Å². The van der Waals surface area contributed by atoms with E-state index in [0.717, 1.165) is 23.2 Å². The van der Waals surface area contributed by atoms with Gasteiger partial charge in [-0.25, -0.2) is 0 Å². The van der Waals surface area contributed by atoms with Gasteiger partial charge in [0, 0.05) is 5.92 Å². The molecule has 12 heavy (non-hydrogen) atoms. The molecule has 0 nitrogen and oxygen atoms in total. The van der Waals surface area contributed by atoms with E-state index in [1.165, 1.54) is 28.2 Å². The molecule has 0 amide bonds. The van der Waals surface area contributed by atoms with Crippen LogP contribution in [0, 0.1) is 5.92 Å². The SMILES string of the molecule is C[C]1C(C)=C(C)C(C)=C1C.[Cl][Hf]. The van der Waals surface area contributed by atoms with Gasteiger partial charge in [0.2, 0.25) is 0 Å². The third-order valence-electron chi connectivity index (χ3n) is 2.81. The molecule has 0 aliphatic heterocycles. The van der Waals surface area contributed by atoms with E-state index in [1.807, 2.05) is 0 Å². The van der Waals surface area contributed by atoms with Crippen LogP contribution in [-0.4, -0.2) is 0 Å². The Bertz CT molecular complexity index is 202. The third-order valence-corrected chi connectivity index (χ3v) is 2.81. The molecular formula is C10H15ClHf. The Balaban J connectivity index is 0.000000561. The molecule has 1 aliphatic carbocycles. The predicted octanol–water partition coefficient (Wildman–Crippen LogP) is 3.95. The van der Waals surface area contributed by atoms with Gasteiger partial charge in [0.25, 0.3) is 0 Å². The van der Waals surface area contributed by atoms with Crippen LogP contribution in [0.2, 0.25) is 0 Å². The molecular weight excluding hydrogens is 334 g/mol. The summed E-state index contributed by atoms with van der Waals surface area (Å²) in [5.74, 6) is 1.47. The van der Waals surface area contributed by atoms with Crippen molar-refractivity contribution >= 4 is 8.58 Å². The van der Waals surface area contributed by atoms with Gasteiger partial charge in [-0.1, -0.05) is 18.1 Å². The minimum atomic E-state index is 0.778. The summed E-state index contributed by atoms with van der Waals surface area (Å²) >= 11 is 0.778. The predicted molar refractivity (Wildman–Crippen MR) is 51.5 cm³/mol. The molecule has 1 rings (SSSR count). The molecule has 0 fully saturated rings. The van der Waals surface area contributed by atoms with Gasteiger partial charge in [-0.3, -0.25) is 0 Å². The Labute approximate surface area is 94.2 Å². The number of allylic oxidation sites excluding steroid dienone is 4. The first-order chi connectivity index (χ1) is 5.55. The molecule has 0 N–H and O–H groups in total. The van der Waals surface area contributed by atoms with Gasteiger partial charge in [-0.05, 0) is 38.8 Å². The fourth-order valence-electron chi connectivity index (χ4n) is 1.41. The van der Waals surface area contributed by atoms with Gasteiger partial charge in [0.1, 0.15) is 0 Å². The van der Waals surface area contributed by atoms with Crippen molar-refractivity contribution in [3.05, 3.63) is 28.2 Å². The topological polar surface area (TPSA) is 0 Å². The van der Waals surface area contributed by atoms with E-state index in [2.05, 4.69) is 34.6 Å². The molecule has 0 bridgehead atoms. The fourth-order valence-corrected chi connectivity index (χ4v) is 1.41. The molecule has 0 saturated carbocycles. The fraction of sp³-hybridized carbons (Fsp3) is 0.500. The van der Waals surface area contributed by atoms with Crippen molar-refractivity contribution in [2.45, 2.75) is 34.6 Å². The first kappa shape index (κ1) is 12.6. The number of hydrogen-bond acceptors (Lipinski definition) is 0. The Morgan fingerprint density at radius 2 is 0.917 bits per heavy atom. The van der Waals surface area contributed by atoms with E-state index in [-0.39, 0.29) is 0 Å². The summed E-state index contributed by atoms with van der Waals surface area (Å²) in [5, 5.41) is 0. The van der Waals surface area contributed by atoms with E-state index in [0.29, 0.717) is 0 Å². The average Bonchev–Trinajstić information content (AvgIpc) is 2.27. The van der Waals surface area contributed by atoms with Gasteiger partial charge in [-0.15, -0.1) is 0 Å². The van der Waals surface area contributed by atoms with Gasteiger partial charge in [-0.2, -0.15) is 0 Å². The molecule has 66 valence electrons. The quantitative estimate of drug-likeness (QED) is 0.581. The van der Waals surface area contributed by atoms with Crippen molar-refractivity contribution in [3.63, 3.8) is 0 Å². The van der Waals surface area contributed by atoms with Gasteiger partial charge in [0.15, 0.2) is 0 Å². The molecule has 2 heteroatoms. The van der Waals surface area contributed by atoms with Crippen LogP contribution in [0.1, 0.15) is 34.6 Å². The summed E-state index contributed by atoms with van der Waals surface area (Å²) in [6, 6.07) is 0. The second-order valence-corrected chi connectivity index (χ2v) is 3.12. The third kappa shape index (κ3) is 2.32. The molecule has 0 unspecified atom stereocenters. The van der Waals surface area contributed by atoms with Crippen molar-refractivity contribution in [2.75, 3.05) is 0 Å². The molecule has 1 aliphatic rings. The van der Waals surface area contributed by atoms with E-state index < -0.39 is 0 Å². The molecule has 1 radical (unpaired) electrons. The zero-order valence-electron chi connectivity index (χ0n) is 8.38. The Morgan fingerprint density at radius 3 is 1.00 bits per heavy atom. The molecule has 0 spiro atoms. The van der Waals surface area contributed by atoms with Gasteiger partial charge in [0.05, 0.1) is 0 Å². The zero-order valence-corrected chi connectivity index (χ0v) is 12.7. The number of halogens is 1. The van der Waals surface area contributed by atoms with Crippen molar-refractivity contribution in [1.29, 1.82) is 0 Å². The normalized spacial score (nSPS) is 18.1. The molecule has 0 aromatic carbocycles.